The second-order valence-electron chi connectivity index (χ2n) is 3.85. The summed E-state index contributed by atoms with van der Waals surface area (Å²) in [7, 11) is 0. The molecule has 1 unspecified atom stereocenters. The van der Waals surface area contributed by atoms with Crippen LogP contribution < -0.4 is 5.32 Å². The van der Waals surface area contributed by atoms with Gasteiger partial charge in [-0.15, -0.1) is 0 Å². The van der Waals surface area contributed by atoms with E-state index < -0.39 is 0 Å². The molecular weight excluding hydrogens is 216 g/mol. The molecule has 0 radical (unpaired) electrons. The van der Waals surface area contributed by atoms with E-state index in [4.69, 9.17) is 0 Å². The van der Waals surface area contributed by atoms with Crippen molar-refractivity contribution in [3.63, 3.8) is 0 Å². The summed E-state index contributed by atoms with van der Waals surface area (Å²) < 4.78 is 0. The summed E-state index contributed by atoms with van der Waals surface area (Å²) in [4.78, 5) is 15.7. The van der Waals surface area contributed by atoms with Gasteiger partial charge in [0.15, 0.2) is 0 Å². The van der Waals surface area contributed by atoms with Crippen LogP contribution in [0.5, 0.6) is 0 Å². The molecule has 1 atom stereocenters. The SMILES string of the molecule is CC(NC(=O)Cc1ccncc1)c1cn[nH]c1. The highest BCUT2D eigenvalue weighted by atomic mass is 16.1. The lowest BCUT2D eigenvalue weighted by Gasteiger charge is -2.11. The number of pyridine rings is 1. The Bertz CT molecular complexity index is 467. The number of rotatable bonds is 4. The molecule has 0 aromatic carbocycles. The molecule has 17 heavy (non-hydrogen) atoms. The predicted octanol–water partition coefficient (Wildman–Crippen LogP) is 1.22. The molecule has 0 saturated heterocycles. The maximum Gasteiger partial charge on any atom is 0.224 e. The van der Waals surface area contributed by atoms with E-state index in [-0.39, 0.29) is 11.9 Å². The Kier molecular flexibility index (Phi) is 3.49. The van der Waals surface area contributed by atoms with E-state index in [1.165, 1.54) is 0 Å². The Morgan fingerprint density at radius 1 is 1.47 bits per heavy atom. The Balaban J connectivity index is 1.90. The Morgan fingerprint density at radius 2 is 2.24 bits per heavy atom. The summed E-state index contributed by atoms with van der Waals surface area (Å²) in [6.07, 6.45) is 7.21. The van der Waals surface area contributed by atoms with Crippen LogP contribution in [0.15, 0.2) is 36.9 Å². The molecule has 2 heterocycles. The minimum atomic E-state index is -0.0388. The highest BCUT2D eigenvalue weighted by molar-refractivity contribution is 5.78. The highest BCUT2D eigenvalue weighted by Crippen LogP contribution is 2.09. The van der Waals surface area contributed by atoms with E-state index in [2.05, 4.69) is 20.5 Å². The lowest BCUT2D eigenvalue weighted by molar-refractivity contribution is -0.121. The van der Waals surface area contributed by atoms with Gasteiger partial charge in [0.1, 0.15) is 0 Å². The first kappa shape index (κ1) is 11.3. The van der Waals surface area contributed by atoms with Crippen LogP contribution in [-0.2, 0) is 11.2 Å². The lowest BCUT2D eigenvalue weighted by atomic mass is 10.1. The van der Waals surface area contributed by atoms with Crippen LogP contribution in [0.25, 0.3) is 0 Å². The molecule has 2 rings (SSSR count). The van der Waals surface area contributed by atoms with Gasteiger partial charge in [-0.2, -0.15) is 5.10 Å². The summed E-state index contributed by atoms with van der Waals surface area (Å²) in [5.74, 6) is -0.00935. The van der Waals surface area contributed by atoms with Crippen LogP contribution in [-0.4, -0.2) is 21.1 Å². The zero-order valence-electron chi connectivity index (χ0n) is 9.55. The van der Waals surface area contributed by atoms with Gasteiger partial charge in [0, 0.05) is 24.2 Å². The number of hydrogen-bond donors (Lipinski definition) is 2. The van der Waals surface area contributed by atoms with Crippen molar-refractivity contribution < 1.29 is 4.79 Å². The molecule has 0 aliphatic carbocycles. The van der Waals surface area contributed by atoms with Crippen molar-refractivity contribution in [1.29, 1.82) is 0 Å². The maximum absolute atomic E-state index is 11.8. The minimum Gasteiger partial charge on any atom is -0.349 e. The van der Waals surface area contributed by atoms with Crippen LogP contribution in [0.3, 0.4) is 0 Å². The first-order valence-corrected chi connectivity index (χ1v) is 5.42. The molecule has 5 heteroatoms. The molecule has 0 aliphatic heterocycles. The summed E-state index contributed by atoms with van der Waals surface area (Å²) in [5, 5.41) is 9.49. The van der Waals surface area contributed by atoms with Crippen molar-refractivity contribution in [3.8, 4) is 0 Å². The normalized spacial score (nSPS) is 12.1. The first-order chi connectivity index (χ1) is 8.25. The summed E-state index contributed by atoms with van der Waals surface area (Å²) in [6, 6.07) is 3.63. The third-order valence-corrected chi connectivity index (χ3v) is 2.51. The van der Waals surface area contributed by atoms with E-state index >= 15 is 0 Å². The number of H-pyrrole nitrogens is 1. The zero-order chi connectivity index (χ0) is 12.1. The Morgan fingerprint density at radius 3 is 2.88 bits per heavy atom. The number of aromatic nitrogens is 3. The average Bonchev–Trinajstić information content (AvgIpc) is 2.83. The Labute approximate surface area is 99.3 Å². The first-order valence-electron chi connectivity index (χ1n) is 5.42. The monoisotopic (exact) mass is 230 g/mol. The fourth-order valence-electron chi connectivity index (χ4n) is 1.56. The third-order valence-electron chi connectivity index (χ3n) is 2.51. The number of carbonyl (C=O) groups excluding carboxylic acids is 1. The van der Waals surface area contributed by atoms with Crippen LogP contribution in [0.1, 0.15) is 24.1 Å². The number of nitrogens with zero attached hydrogens (tertiary/aromatic N) is 2. The zero-order valence-corrected chi connectivity index (χ0v) is 9.55. The fraction of sp³-hybridized carbons (Fsp3) is 0.250. The van der Waals surface area contributed by atoms with Crippen LogP contribution >= 0.6 is 0 Å². The van der Waals surface area contributed by atoms with Gasteiger partial charge in [0.2, 0.25) is 5.91 Å². The second kappa shape index (κ2) is 5.25. The number of amides is 1. The van der Waals surface area contributed by atoms with E-state index in [1.54, 1.807) is 24.8 Å². The molecule has 1 amide bonds. The van der Waals surface area contributed by atoms with Gasteiger partial charge in [-0.3, -0.25) is 14.9 Å². The average molecular weight is 230 g/mol. The second-order valence-corrected chi connectivity index (χ2v) is 3.85. The molecule has 0 fully saturated rings. The van der Waals surface area contributed by atoms with Gasteiger partial charge >= 0.3 is 0 Å². The van der Waals surface area contributed by atoms with Crippen LogP contribution in [0, 0.1) is 0 Å². The molecule has 2 aromatic heterocycles. The predicted molar refractivity (Wildman–Crippen MR) is 63.1 cm³/mol. The van der Waals surface area contributed by atoms with Crippen molar-refractivity contribution >= 4 is 5.91 Å². The highest BCUT2D eigenvalue weighted by Gasteiger charge is 2.10. The van der Waals surface area contributed by atoms with E-state index in [1.807, 2.05) is 19.1 Å². The Hall–Kier alpha value is -2.17. The van der Waals surface area contributed by atoms with Crippen LogP contribution in [0.2, 0.25) is 0 Å². The van der Waals surface area contributed by atoms with Crippen molar-refractivity contribution in [2.24, 2.45) is 0 Å². The number of nitrogens with one attached hydrogen (secondary N) is 2. The topological polar surface area (TPSA) is 70.7 Å². The van der Waals surface area contributed by atoms with Gasteiger partial charge < -0.3 is 5.32 Å². The number of hydrogen-bond acceptors (Lipinski definition) is 3. The molecule has 88 valence electrons. The largest absolute Gasteiger partial charge is 0.349 e. The molecule has 0 spiro atoms. The smallest absolute Gasteiger partial charge is 0.224 e. The summed E-state index contributed by atoms with van der Waals surface area (Å²) >= 11 is 0. The molecule has 0 saturated carbocycles. The maximum atomic E-state index is 11.8. The quantitative estimate of drug-likeness (QED) is 0.829. The van der Waals surface area contributed by atoms with Gasteiger partial charge in [-0.1, -0.05) is 0 Å². The van der Waals surface area contributed by atoms with Crippen molar-refractivity contribution in [1.82, 2.24) is 20.5 Å². The molecule has 2 aromatic rings. The molecule has 2 N–H and O–H groups in total. The van der Waals surface area contributed by atoms with Crippen molar-refractivity contribution in [2.45, 2.75) is 19.4 Å². The molecular formula is C12H14N4O. The van der Waals surface area contributed by atoms with Crippen LogP contribution in [0.4, 0.5) is 0 Å². The van der Waals surface area contributed by atoms with Crippen molar-refractivity contribution in [2.75, 3.05) is 0 Å². The van der Waals surface area contributed by atoms with Gasteiger partial charge in [-0.25, -0.2) is 0 Å². The van der Waals surface area contributed by atoms with Gasteiger partial charge in [0.05, 0.1) is 18.7 Å². The fourth-order valence-corrected chi connectivity index (χ4v) is 1.56. The van der Waals surface area contributed by atoms with Crippen molar-refractivity contribution in [3.05, 3.63) is 48.0 Å². The lowest BCUT2D eigenvalue weighted by Crippen LogP contribution is -2.27. The van der Waals surface area contributed by atoms with E-state index in [9.17, 15) is 4.79 Å². The molecule has 0 aliphatic rings. The molecule has 5 nitrogen and oxygen atoms in total. The standard InChI is InChI=1S/C12H14N4O/c1-9(11-7-14-15-8-11)16-12(17)6-10-2-4-13-5-3-10/h2-5,7-9H,6H2,1H3,(H,14,15)(H,16,17). The van der Waals surface area contributed by atoms with Gasteiger partial charge in [-0.05, 0) is 24.6 Å². The number of carbonyl (C=O) groups is 1. The molecule has 0 bridgehead atoms. The van der Waals surface area contributed by atoms with E-state index in [0.29, 0.717) is 6.42 Å². The third kappa shape index (κ3) is 3.14. The number of aromatic amines is 1. The van der Waals surface area contributed by atoms with E-state index in [0.717, 1.165) is 11.1 Å². The summed E-state index contributed by atoms with van der Waals surface area (Å²) in [5.41, 5.74) is 1.92. The van der Waals surface area contributed by atoms with Gasteiger partial charge in [0.25, 0.3) is 0 Å². The minimum absolute atomic E-state index is 0.00935. The summed E-state index contributed by atoms with van der Waals surface area (Å²) in [6.45, 7) is 1.93.